The zero-order chi connectivity index (χ0) is 10.8. The molecule has 1 heterocycles. The summed E-state index contributed by atoms with van der Waals surface area (Å²) < 4.78 is 0. The highest BCUT2D eigenvalue weighted by atomic mass is 16.6. The van der Waals surface area contributed by atoms with Crippen LogP contribution in [0.25, 0.3) is 10.9 Å². The Kier molecular flexibility index (Phi) is 2.39. The minimum Gasteiger partial charge on any atom is -0.396 e. The zero-order valence-corrected chi connectivity index (χ0v) is 7.93. The average molecular weight is 206 g/mol. The molecule has 0 amide bonds. The second kappa shape index (κ2) is 3.70. The highest BCUT2D eigenvalue weighted by Crippen LogP contribution is 2.21. The van der Waals surface area contributed by atoms with Crippen molar-refractivity contribution in [2.45, 2.75) is 6.42 Å². The largest absolute Gasteiger partial charge is 0.396 e. The average Bonchev–Trinajstić information content (AvgIpc) is 2.59. The normalized spacial score (nSPS) is 10.7. The molecule has 0 unspecified atom stereocenters. The maximum Gasteiger partial charge on any atom is 0.270 e. The zero-order valence-electron chi connectivity index (χ0n) is 7.93. The Morgan fingerprint density at radius 3 is 2.87 bits per heavy atom. The van der Waals surface area contributed by atoms with Gasteiger partial charge in [0, 0.05) is 41.8 Å². The molecular weight excluding hydrogens is 196 g/mol. The highest BCUT2D eigenvalue weighted by molar-refractivity contribution is 5.82. The maximum absolute atomic E-state index is 10.5. The number of benzene rings is 1. The van der Waals surface area contributed by atoms with E-state index in [1.54, 1.807) is 6.07 Å². The van der Waals surface area contributed by atoms with Gasteiger partial charge in [-0.05, 0) is 12.1 Å². The van der Waals surface area contributed by atoms with Gasteiger partial charge in [-0.25, -0.2) is 0 Å². The summed E-state index contributed by atoms with van der Waals surface area (Å²) in [5.41, 5.74) is 1.81. The molecule has 78 valence electrons. The molecule has 0 saturated heterocycles. The number of nitro benzene ring substituents is 1. The predicted octanol–water partition coefficient (Wildman–Crippen LogP) is 1.61. The molecule has 0 spiro atoms. The van der Waals surface area contributed by atoms with Crippen LogP contribution in [-0.2, 0) is 6.42 Å². The van der Waals surface area contributed by atoms with Crippen molar-refractivity contribution >= 4 is 16.6 Å². The quantitative estimate of drug-likeness (QED) is 0.591. The smallest absolute Gasteiger partial charge is 0.270 e. The molecule has 0 bridgehead atoms. The van der Waals surface area contributed by atoms with Crippen LogP contribution in [0.1, 0.15) is 5.69 Å². The third-order valence-corrected chi connectivity index (χ3v) is 2.25. The van der Waals surface area contributed by atoms with Gasteiger partial charge < -0.3 is 10.1 Å². The van der Waals surface area contributed by atoms with Crippen molar-refractivity contribution in [2.75, 3.05) is 6.61 Å². The van der Waals surface area contributed by atoms with Crippen LogP contribution in [0, 0.1) is 10.1 Å². The van der Waals surface area contributed by atoms with Gasteiger partial charge in [-0.15, -0.1) is 0 Å². The van der Waals surface area contributed by atoms with Gasteiger partial charge in [-0.3, -0.25) is 10.1 Å². The molecule has 0 fully saturated rings. The lowest BCUT2D eigenvalue weighted by molar-refractivity contribution is -0.384. The summed E-state index contributed by atoms with van der Waals surface area (Å²) in [6.07, 6.45) is 0.530. The van der Waals surface area contributed by atoms with E-state index in [-0.39, 0.29) is 12.3 Å². The number of aliphatic hydroxyl groups excluding tert-OH is 1. The molecular formula is C10H10N2O3. The molecule has 2 aromatic rings. The molecule has 1 aromatic heterocycles. The van der Waals surface area contributed by atoms with Crippen LogP contribution >= 0.6 is 0 Å². The lowest BCUT2D eigenvalue weighted by Crippen LogP contribution is -1.88. The highest BCUT2D eigenvalue weighted by Gasteiger charge is 2.07. The Morgan fingerprint density at radius 2 is 2.20 bits per heavy atom. The van der Waals surface area contributed by atoms with Gasteiger partial charge >= 0.3 is 0 Å². The Balaban J connectivity index is 2.47. The van der Waals surface area contributed by atoms with Gasteiger partial charge in [0.15, 0.2) is 0 Å². The van der Waals surface area contributed by atoms with E-state index in [1.807, 2.05) is 6.07 Å². The molecule has 5 heteroatoms. The Hall–Kier alpha value is -1.88. The van der Waals surface area contributed by atoms with Crippen molar-refractivity contribution in [1.82, 2.24) is 4.98 Å². The van der Waals surface area contributed by atoms with Crippen LogP contribution in [0.4, 0.5) is 5.69 Å². The van der Waals surface area contributed by atoms with E-state index in [0.717, 1.165) is 16.6 Å². The molecule has 1 aromatic carbocycles. The first-order chi connectivity index (χ1) is 7.20. The van der Waals surface area contributed by atoms with Gasteiger partial charge in [-0.2, -0.15) is 0 Å². The van der Waals surface area contributed by atoms with Crippen LogP contribution in [0.5, 0.6) is 0 Å². The SMILES string of the molecule is O=[N+]([O-])c1ccc2[nH]c(CCO)cc2c1. The molecule has 2 rings (SSSR count). The van der Waals surface area contributed by atoms with Crippen LogP contribution in [0.15, 0.2) is 24.3 Å². The Labute approximate surface area is 85.5 Å². The monoisotopic (exact) mass is 206 g/mol. The summed E-state index contributed by atoms with van der Waals surface area (Å²) in [6.45, 7) is 0.0644. The fourth-order valence-electron chi connectivity index (χ4n) is 1.55. The Morgan fingerprint density at radius 1 is 1.40 bits per heavy atom. The van der Waals surface area contributed by atoms with E-state index in [2.05, 4.69) is 4.98 Å². The van der Waals surface area contributed by atoms with Gasteiger partial charge in [0.1, 0.15) is 0 Å². The molecule has 0 aliphatic heterocycles. The third kappa shape index (κ3) is 1.82. The second-order valence-electron chi connectivity index (χ2n) is 3.30. The number of non-ortho nitro benzene ring substituents is 1. The fourth-order valence-corrected chi connectivity index (χ4v) is 1.55. The number of hydrogen-bond acceptors (Lipinski definition) is 3. The van der Waals surface area contributed by atoms with Gasteiger partial charge in [0.25, 0.3) is 5.69 Å². The first-order valence-electron chi connectivity index (χ1n) is 4.57. The standard InChI is InChI=1S/C10H10N2O3/c13-4-3-8-5-7-6-9(12(14)15)1-2-10(7)11-8/h1-2,5-6,11,13H,3-4H2. The summed E-state index contributed by atoms with van der Waals surface area (Å²) in [4.78, 5) is 13.2. The third-order valence-electron chi connectivity index (χ3n) is 2.25. The van der Waals surface area contributed by atoms with Crippen molar-refractivity contribution in [2.24, 2.45) is 0 Å². The molecule has 0 aliphatic carbocycles. The number of hydrogen-bond donors (Lipinski definition) is 2. The number of nitro groups is 1. The molecule has 0 radical (unpaired) electrons. The first-order valence-corrected chi connectivity index (χ1v) is 4.57. The van der Waals surface area contributed by atoms with Crippen molar-refractivity contribution in [3.8, 4) is 0 Å². The topological polar surface area (TPSA) is 79.2 Å². The van der Waals surface area contributed by atoms with Crippen molar-refractivity contribution in [3.05, 3.63) is 40.1 Å². The van der Waals surface area contributed by atoms with E-state index >= 15 is 0 Å². The van der Waals surface area contributed by atoms with Gasteiger partial charge in [-0.1, -0.05) is 0 Å². The summed E-state index contributed by atoms with van der Waals surface area (Å²) in [6, 6.07) is 6.47. The Bertz CT molecular complexity index is 504. The van der Waals surface area contributed by atoms with E-state index in [1.165, 1.54) is 12.1 Å². The number of fused-ring (bicyclic) bond motifs is 1. The van der Waals surface area contributed by atoms with Crippen LogP contribution in [-0.4, -0.2) is 21.6 Å². The van der Waals surface area contributed by atoms with Gasteiger partial charge in [0.2, 0.25) is 0 Å². The summed E-state index contributed by atoms with van der Waals surface area (Å²) in [7, 11) is 0. The van der Waals surface area contributed by atoms with Crippen LogP contribution < -0.4 is 0 Å². The number of nitrogens with one attached hydrogen (secondary N) is 1. The first kappa shape index (κ1) is 9.67. The number of aromatic amines is 1. The van der Waals surface area contributed by atoms with E-state index in [0.29, 0.717) is 6.42 Å². The van der Waals surface area contributed by atoms with Crippen LogP contribution in [0.3, 0.4) is 0 Å². The molecule has 0 saturated carbocycles. The summed E-state index contributed by atoms with van der Waals surface area (Å²) in [5, 5.41) is 20.1. The van der Waals surface area contributed by atoms with Crippen LogP contribution in [0.2, 0.25) is 0 Å². The van der Waals surface area contributed by atoms with Gasteiger partial charge in [0.05, 0.1) is 4.92 Å². The predicted molar refractivity (Wildman–Crippen MR) is 55.7 cm³/mol. The summed E-state index contributed by atoms with van der Waals surface area (Å²) >= 11 is 0. The molecule has 0 atom stereocenters. The number of aliphatic hydroxyl groups is 1. The maximum atomic E-state index is 10.5. The minimum atomic E-state index is -0.418. The molecule has 5 nitrogen and oxygen atoms in total. The molecule has 15 heavy (non-hydrogen) atoms. The lowest BCUT2D eigenvalue weighted by Gasteiger charge is -1.90. The molecule has 2 N–H and O–H groups in total. The van der Waals surface area contributed by atoms with Crippen molar-refractivity contribution < 1.29 is 10.0 Å². The summed E-state index contributed by atoms with van der Waals surface area (Å²) in [5.74, 6) is 0. The van der Waals surface area contributed by atoms with Crippen molar-refractivity contribution in [1.29, 1.82) is 0 Å². The number of aromatic nitrogens is 1. The van der Waals surface area contributed by atoms with Crippen molar-refractivity contribution in [3.63, 3.8) is 0 Å². The second-order valence-corrected chi connectivity index (χ2v) is 3.30. The lowest BCUT2D eigenvalue weighted by atomic mass is 10.2. The number of rotatable bonds is 3. The van der Waals surface area contributed by atoms with E-state index in [4.69, 9.17) is 5.11 Å². The minimum absolute atomic E-state index is 0.0644. The molecule has 0 aliphatic rings. The number of H-pyrrole nitrogens is 1. The van der Waals surface area contributed by atoms with E-state index in [9.17, 15) is 10.1 Å². The van der Waals surface area contributed by atoms with E-state index < -0.39 is 4.92 Å². The number of nitrogens with zero attached hydrogens (tertiary/aromatic N) is 1. The fraction of sp³-hybridized carbons (Fsp3) is 0.200.